The van der Waals surface area contributed by atoms with Crippen LogP contribution in [0.1, 0.15) is 19.5 Å². The highest BCUT2D eigenvalue weighted by Gasteiger charge is 2.08. The molecule has 2 aromatic rings. The molecular formula is C14H20N2O3. The van der Waals surface area contributed by atoms with Crippen molar-refractivity contribution in [3.8, 4) is 5.75 Å². The first kappa shape index (κ1) is 13.8. The van der Waals surface area contributed by atoms with Gasteiger partial charge in [0.2, 0.25) is 0 Å². The molecule has 1 aromatic carbocycles. The molecule has 1 atom stereocenters. The molecule has 0 amide bonds. The first-order valence-electron chi connectivity index (χ1n) is 6.46. The van der Waals surface area contributed by atoms with E-state index in [4.69, 9.17) is 9.26 Å². The van der Waals surface area contributed by atoms with Crippen molar-refractivity contribution in [3.05, 3.63) is 23.9 Å². The van der Waals surface area contributed by atoms with Gasteiger partial charge >= 0.3 is 0 Å². The average molecular weight is 264 g/mol. The highest BCUT2D eigenvalue weighted by atomic mass is 16.5. The molecule has 0 spiro atoms. The van der Waals surface area contributed by atoms with E-state index in [-0.39, 0.29) is 6.61 Å². The second-order valence-electron chi connectivity index (χ2n) is 4.95. The van der Waals surface area contributed by atoms with Gasteiger partial charge in [-0.2, -0.15) is 0 Å². The minimum Gasteiger partial charge on any atom is -0.491 e. The van der Waals surface area contributed by atoms with Crippen molar-refractivity contribution >= 4 is 11.0 Å². The van der Waals surface area contributed by atoms with Crippen LogP contribution in [0.25, 0.3) is 11.0 Å². The normalized spacial score (nSPS) is 13.1. The Morgan fingerprint density at radius 3 is 2.95 bits per heavy atom. The smallest absolute Gasteiger partial charge is 0.170 e. The number of aryl methyl sites for hydroxylation is 1. The number of nitrogens with zero attached hydrogens (tertiary/aromatic N) is 1. The standard InChI is InChI=1S/C14H20N2O3/c1-9(2)15-7-11(17)8-18-12-4-5-13-10(3)16-19-14(13)6-12/h4-6,9,11,15,17H,7-8H2,1-3H3. The predicted octanol–water partition coefficient (Wildman–Crippen LogP) is 1.87. The highest BCUT2D eigenvalue weighted by Crippen LogP contribution is 2.23. The van der Waals surface area contributed by atoms with Crippen molar-refractivity contribution in [2.75, 3.05) is 13.2 Å². The Labute approximate surface area is 112 Å². The summed E-state index contributed by atoms with van der Waals surface area (Å²) >= 11 is 0. The fourth-order valence-corrected chi connectivity index (χ4v) is 1.76. The molecule has 0 fully saturated rings. The molecule has 1 heterocycles. The Balaban J connectivity index is 1.90. The van der Waals surface area contributed by atoms with Crippen LogP contribution in [0.2, 0.25) is 0 Å². The van der Waals surface area contributed by atoms with Crippen molar-refractivity contribution in [3.63, 3.8) is 0 Å². The molecule has 0 aliphatic heterocycles. The quantitative estimate of drug-likeness (QED) is 0.833. The molecule has 1 aromatic heterocycles. The number of nitrogens with one attached hydrogen (secondary N) is 1. The van der Waals surface area contributed by atoms with E-state index in [9.17, 15) is 5.11 Å². The van der Waals surface area contributed by atoms with Gasteiger partial charge in [-0.15, -0.1) is 0 Å². The van der Waals surface area contributed by atoms with Gasteiger partial charge in [0.05, 0.1) is 5.69 Å². The van der Waals surface area contributed by atoms with E-state index < -0.39 is 6.10 Å². The second-order valence-corrected chi connectivity index (χ2v) is 4.95. The van der Waals surface area contributed by atoms with Crippen molar-refractivity contribution in [1.29, 1.82) is 0 Å². The van der Waals surface area contributed by atoms with Crippen molar-refractivity contribution in [2.45, 2.75) is 32.9 Å². The molecule has 2 rings (SSSR count). The van der Waals surface area contributed by atoms with E-state index in [1.54, 1.807) is 6.07 Å². The molecule has 0 bridgehead atoms. The minimum absolute atomic E-state index is 0.248. The lowest BCUT2D eigenvalue weighted by Crippen LogP contribution is -2.35. The van der Waals surface area contributed by atoms with Crippen LogP contribution in [0.15, 0.2) is 22.7 Å². The van der Waals surface area contributed by atoms with E-state index >= 15 is 0 Å². The highest BCUT2D eigenvalue weighted by molar-refractivity contribution is 5.80. The van der Waals surface area contributed by atoms with Gasteiger partial charge in [-0.1, -0.05) is 19.0 Å². The van der Waals surface area contributed by atoms with E-state index in [2.05, 4.69) is 10.5 Å². The van der Waals surface area contributed by atoms with Crippen molar-refractivity contribution in [2.24, 2.45) is 0 Å². The Bertz CT molecular complexity index is 536. The monoisotopic (exact) mass is 264 g/mol. The molecule has 5 nitrogen and oxygen atoms in total. The second kappa shape index (κ2) is 6.04. The van der Waals surface area contributed by atoms with E-state index in [0.29, 0.717) is 23.9 Å². The first-order valence-corrected chi connectivity index (χ1v) is 6.46. The number of ether oxygens (including phenoxy) is 1. The summed E-state index contributed by atoms with van der Waals surface area (Å²) in [5.74, 6) is 0.673. The number of rotatable bonds is 6. The van der Waals surface area contributed by atoms with E-state index in [1.165, 1.54) is 0 Å². The summed E-state index contributed by atoms with van der Waals surface area (Å²) in [5, 5.41) is 17.8. The molecule has 2 N–H and O–H groups in total. The van der Waals surface area contributed by atoms with Crippen LogP contribution in [0.3, 0.4) is 0 Å². The molecule has 1 unspecified atom stereocenters. The van der Waals surface area contributed by atoms with Gasteiger partial charge in [-0.3, -0.25) is 0 Å². The summed E-state index contributed by atoms with van der Waals surface area (Å²) in [5.41, 5.74) is 1.56. The van der Waals surface area contributed by atoms with Crippen molar-refractivity contribution in [1.82, 2.24) is 10.5 Å². The molecule has 0 radical (unpaired) electrons. The molecule has 19 heavy (non-hydrogen) atoms. The lowest BCUT2D eigenvalue weighted by Gasteiger charge is -2.14. The SMILES string of the molecule is Cc1noc2cc(OCC(O)CNC(C)C)ccc12. The van der Waals surface area contributed by atoms with Crippen LogP contribution in [0.5, 0.6) is 5.75 Å². The maximum Gasteiger partial charge on any atom is 0.170 e. The lowest BCUT2D eigenvalue weighted by atomic mass is 10.2. The zero-order chi connectivity index (χ0) is 13.8. The third-order valence-corrected chi connectivity index (χ3v) is 2.83. The van der Waals surface area contributed by atoms with E-state index in [1.807, 2.05) is 32.9 Å². The van der Waals surface area contributed by atoms with Gasteiger partial charge in [0.1, 0.15) is 18.5 Å². The minimum atomic E-state index is -0.533. The Hall–Kier alpha value is -1.59. The number of fused-ring (bicyclic) bond motifs is 1. The fraction of sp³-hybridized carbons (Fsp3) is 0.500. The van der Waals surface area contributed by atoms with Gasteiger partial charge in [0, 0.05) is 24.0 Å². The molecule has 0 aliphatic carbocycles. The summed E-state index contributed by atoms with van der Waals surface area (Å²) in [6, 6.07) is 5.91. The Kier molecular flexibility index (Phi) is 4.39. The zero-order valence-corrected chi connectivity index (χ0v) is 11.5. The number of benzene rings is 1. The summed E-state index contributed by atoms with van der Waals surface area (Å²) in [7, 11) is 0. The van der Waals surface area contributed by atoms with Crippen LogP contribution in [0.4, 0.5) is 0 Å². The third kappa shape index (κ3) is 3.68. The summed E-state index contributed by atoms with van der Waals surface area (Å²) < 4.78 is 10.7. The molecule has 0 aliphatic rings. The predicted molar refractivity (Wildman–Crippen MR) is 73.4 cm³/mol. The summed E-state index contributed by atoms with van der Waals surface area (Å²) in [6.07, 6.45) is -0.533. The lowest BCUT2D eigenvalue weighted by molar-refractivity contribution is 0.104. The van der Waals surface area contributed by atoms with Crippen LogP contribution < -0.4 is 10.1 Å². The van der Waals surface area contributed by atoms with E-state index in [0.717, 1.165) is 11.1 Å². The van der Waals surface area contributed by atoms with Gasteiger partial charge in [0.25, 0.3) is 0 Å². The van der Waals surface area contributed by atoms with Gasteiger partial charge < -0.3 is 19.7 Å². The van der Waals surface area contributed by atoms with Gasteiger partial charge in [0.15, 0.2) is 5.58 Å². The van der Waals surface area contributed by atoms with Gasteiger partial charge in [-0.05, 0) is 19.1 Å². The average Bonchev–Trinajstić information content (AvgIpc) is 2.75. The number of aliphatic hydroxyl groups excluding tert-OH is 1. The topological polar surface area (TPSA) is 67.5 Å². The Morgan fingerprint density at radius 1 is 1.42 bits per heavy atom. The van der Waals surface area contributed by atoms with Crippen molar-refractivity contribution < 1.29 is 14.4 Å². The molecule has 5 heteroatoms. The first-order chi connectivity index (χ1) is 9.06. The van der Waals surface area contributed by atoms with Gasteiger partial charge in [-0.25, -0.2) is 0 Å². The molecule has 104 valence electrons. The molecule has 0 saturated heterocycles. The number of hydrogen-bond acceptors (Lipinski definition) is 5. The Morgan fingerprint density at radius 2 is 2.21 bits per heavy atom. The van der Waals surface area contributed by atoms with Crippen LogP contribution in [-0.2, 0) is 0 Å². The number of hydrogen-bond donors (Lipinski definition) is 2. The zero-order valence-electron chi connectivity index (χ0n) is 11.5. The number of aromatic nitrogens is 1. The summed E-state index contributed by atoms with van der Waals surface area (Å²) in [6.45, 7) is 6.73. The van der Waals surface area contributed by atoms with Crippen LogP contribution in [0, 0.1) is 6.92 Å². The van der Waals surface area contributed by atoms with Crippen LogP contribution >= 0.6 is 0 Å². The number of aliphatic hydroxyl groups is 1. The third-order valence-electron chi connectivity index (χ3n) is 2.83. The fourth-order valence-electron chi connectivity index (χ4n) is 1.76. The maximum absolute atomic E-state index is 9.75. The molecular weight excluding hydrogens is 244 g/mol. The summed E-state index contributed by atoms with van der Waals surface area (Å²) in [4.78, 5) is 0. The largest absolute Gasteiger partial charge is 0.491 e. The maximum atomic E-state index is 9.75. The molecule has 0 saturated carbocycles. The van der Waals surface area contributed by atoms with Crippen LogP contribution in [-0.4, -0.2) is 35.6 Å².